The number of rotatable bonds is 6. The molecule has 4 aliphatic rings. The first-order valence-corrected chi connectivity index (χ1v) is 19.6. The van der Waals surface area contributed by atoms with Gasteiger partial charge in [-0.2, -0.15) is 0 Å². The van der Waals surface area contributed by atoms with E-state index in [1.165, 1.54) is 4.90 Å². The molecule has 0 spiro atoms. The normalized spacial score (nSPS) is 28.1. The van der Waals surface area contributed by atoms with Gasteiger partial charge in [-0.05, 0) is 67.6 Å². The molecule has 1 aromatic heterocycles. The van der Waals surface area contributed by atoms with Gasteiger partial charge in [-0.15, -0.1) is 0 Å². The number of hydrogen-bond donors (Lipinski definition) is 4. The molecule has 2 aliphatic heterocycles. The first kappa shape index (κ1) is 36.6. The number of aryl methyl sites for hydroxylation is 1. The largest absolute Gasteiger partial charge is 0.456 e. The number of carbonyl (C=O) groups is 5. The Morgan fingerprint density at radius 1 is 1.08 bits per heavy atom. The molecule has 51 heavy (non-hydrogen) atoms. The molecular formula is C36H49N5O9S. The molecule has 2 aromatic rings. The van der Waals surface area contributed by atoms with Crippen LogP contribution >= 0.6 is 0 Å². The molecular weight excluding hydrogens is 678 g/mol. The first-order chi connectivity index (χ1) is 24.1. The van der Waals surface area contributed by atoms with Crippen molar-refractivity contribution >= 4 is 50.7 Å². The van der Waals surface area contributed by atoms with E-state index in [1.54, 1.807) is 26.8 Å². The topological polar surface area (TPSA) is 193 Å². The van der Waals surface area contributed by atoms with Gasteiger partial charge in [0.1, 0.15) is 29.4 Å². The number of sulfonamides is 1. The van der Waals surface area contributed by atoms with Gasteiger partial charge in [0.2, 0.25) is 21.8 Å². The van der Waals surface area contributed by atoms with Crippen LogP contribution in [0.3, 0.4) is 0 Å². The van der Waals surface area contributed by atoms with Crippen molar-refractivity contribution in [1.29, 1.82) is 0 Å². The van der Waals surface area contributed by atoms with Crippen molar-refractivity contribution in [3.05, 3.63) is 35.5 Å². The first-order valence-electron chi connectivity index (χ1n) is 18.1. The molecule has 4 N–H and O–H groups in total. The molecule has 0 radical (unpaired) electrons. The van der Waals surface area contributed by atoms with Crippen LogP contribution in [0.1, 0.15) is 102 Å². The van der Waals surface area contributed by atoms with Crippen LogP contribution in [-0.4, -0.2) is 90.2 Å². The molecule has 14 nitrogen and oxygen atoms in total. The smallest absolute Gasteiger partial charge is 0.407 e. The van der Waals surface area contributed by atoms with Crippen LogP contribution in [0.5, 0.6) is 0 Å². The Balaban J connectivity index is 1.29. The number of H-pyrrole nitrogens is 1. The lowest BCUT2D eigenvalue weighted by molar-refractivity contribution is -0.143. The summed E-state index contributed by atoms with van der Waals surface area (Å²) in [6, 6.07) is 5.30. The molecule has 5 atom stereocenters. The highest BCUT2D eigenvalue weighted by molar-refractivity contribution is 7.91. The summed E-state index contributed by atoms with van der Waals surface area (Å²) in [6.45, 7) is 7.20. The Labute approximate surface area is 298 Å². The van der Waals surface area contributed by atoms with Crippen LogP contribution in [0, 0.1) is 11.3 Å². The number of fused-ring (bicyclic) bond motifs is 3. The van der Waals surface area contributed by atoms with Crippen molar-refractivity contribution in [2.24, 2.45) is 11.3 Å². The molecule has 3 heterocycles. The van der Waals surface area contributed by atoms with Crippen LogP contribution in [0.2, 0.25) is 0 Å². The van der Waals surface area contributed by atoms with E-state index in [0.29, 0.717) is 25.7 Å². The van der Waals surface area contributed by atoms with E-state index in [1.807, 2.05) is 25.1 Å². The predicted molar refractivity (Wildman–Crippen MR) is 187 cm³/mol. The van der Waals surface area contributed by atoms with Crippen LogP contribution in [0.4, 0.5) is 4.79 Å². The van der Waals surface area contributed by atoms with E-state index in [4.69, 9.17) is 9.47 Å². The molecule has 2 saturated carbocycles. The Bertz CT molecular complexity index is 1810. The van der Waals surface area contributed by atoms with E-state index >= 15 is 0 Å². The number of aromatic nitrogens is 1. The fourth-order valence-electron chi connectivity index (χ4n) is 7.34. The maximum absolute atomic E-state index is 14.4. The molecule has 1 saturated heterocycles. The summed E-state index contributed by atoms with van der Waals surface area (Å²) in [5.41, 5.74) is -0.157. The number of cyclic esters (lactones) is 1. The third kappa shape index (κ3) is 7.87. The highest BCUT2D eigenvalue weighted by Crippen LogP contribution is 2.47. The van der Waals surface area contributed by atoms with Crippen molar-refractivity contribution in [3.8, 4) is 0 Å². The summed E-state index contributed by atoms with van der Waals surface area (Å²) in [6.07, 6.45) is 4.07. The van der Waals surface area contributed by atoms with Gasteiger partial charge in [0.05, 0.1) is 18.4 Å². The van der Waals surface area contributed by atoms with Gasteiger partial charge in [-0.3, -0.25) is 19.1 Å². The second kappa shape index (κ2) is 14.1. The summed E-state index contributed by atoms with van der Waals surface area (Å²) < 4.78 is 38.9. The average Bonchev–Trinajstić information content (AvgIpc) is 3.96. The summed E-state index contributed by atoms with van der Waals surface area (Å²) in [5, 5.41) is 5.79. The molecule has 15 heteroatoms. The Morgan fingerprint density at radius 3 is 2.51 bits per heavy atom. The van der Waals surface area contributed by atoms with Crippen molar-refractivity contribution in [3.63, 3.8) is 0 Å². The molecule has 2 aliphatic carbocycles. The zero-order chi connectivity index (χ0) is 36.7. The summed E-state index contributed by atoms with van der Waals surface area (Å²) in [7, 11) is -3.88. The minimum atomic E-state index is -3.88. The molecule has 3 fully saturated rings. The van der Waals surface area contributed by atoms with Gasteiger partial charge in [0, 0.05) is 17.3 Å². The summed E-state index contributed by atoms with van der Waals surface area (Å²) >= 11 is 0. The van der Waals surface area contributed by atoms with E-state index < -0.39 is 74.2 Å². The number of nitrogens with zero attached hydrogens (tertiary/aromatic N) is 1. The second-order valence-corrected chi connectivity index (χ2v) is 17.5. The zero-order valence-corrected chi connectivity index (χ0v) is 30.5. The quantitative estimate of drug-likeness (QED) is 0.323. The van der Waals surface area contributed by atoms with E-state index in [0.717, 1.165) is 42.1 Å². The number of benzene rings is 1. The van der Waals surface area contributed by atoms with E-state index in [2.05, 4.69) is 20.3 Å². The Hall–Kier alpha value is -4.14. The number of amides is 4. The molecule has 1 aromatic carbocycles. The number of carbonyl (C=O) groups excluding carboxylic acids is 5. The monoisotopic (exact) mass is 727 g/mol. The number of aromatic amines is 1. The van der Waals surface area contributed by atoms with Crippen molar-refractivity contribution in [2.45, 2.75) is 121 Å². The number of nitrogens with one attached hydrogen (secondary N) is 4. The third-order valence-corrected chi connectivity index (χ3v) is 12.4. The van der Waals surface area contributed by atoms with Crippen molar-refractivity contribution in [2.75, 3.05) is 13.2 Å². The lowest BCUT2D eigenvalue weighted by atomic mass is 9.85. The average molecular weight is 728 g/mol. The number of ether oxygens (including phenoxy) is 2. The molecule has 4 amide bonds. The van der Waals surface area contributed by atoms with Crippen LogP contribution in [0.15, 0.2) is 24.3 Å². The van der Waals surface area contributed by atoms with E-state index in [9.17, 15) is 32.4 Å². The molecule has 0 unspecified atom stereocenters. The maximum atomic E-state index is 14.4. The highest BCUT2D eigenvalue weighted by atomic mass is 32.2. The number of hydrogen-bond acceptors (Lipinski definition) is 9. The molecule has 278 valence electrons. The standard InChI is InChI=1S/C36H49N5O9S/c1-5-22-19-36(22,33(45)40-51(47,48)24-14-15-24)39-30(42)28-17-23-20-41(28)31(43)29(35(2,3)4)38-34(46)49-16-9-7-6-8-11-21-12-10-13-26-25(21)18-27(37-26)32(44)50-23/h10,12-13,18,22-24,28-29,37H,5-9,11,14-17,19-20H2,1-4H3,(H,38,46)(H,39,42)(H,40,45)/t22-,23-,28+,29-,36-/m1/s1. The zero-order valence-electron chi connectivity index (χ0n) is 29.7. The summed E-state index contributed by atoms with van der Waals surface area (Å²) in [4.78, 5) is 72.9. The second-order valence-electron chi connectivity index (χ2n) is 15.5. The maximum Gasteiger partial charge on any atom is 0.407 e. The van der Waals surface area contributed by atoms with Gasteiger partial charge in [0.15, 0.2) is 0 Å². The highest BCUT2D eigenvalue weighted by Gasteiger charge is 2.62. The van der Waals surface area contributed by atoms with Gasteiger partial charge < -0.3 is 30.0 Å². The van der Waals surface area contributed by atoms with Crippen molar-refractivity contribution < 1.29 is 41.9 Å². The van der Waals surface area contributed by atoms with Crippen LogP contribution in [0.25, 0.3) is 10.9 Å². The Morgan fingerprint density at radius 2 is 1.82 bits per heavy atom. The van der Waals surface area contributed by atoms with Crippen LogP contribution < -0.4 is 15.4 Å². The minimum absolute atomic E-state index is 0.0784. The lowest BCUT2D eigenvalue weighted by Crippen LogP contribution is -2.60. The summed E-state index contributed by atoms with van der Waals surface area (Å²) in [5.74, 6) is -3.01. The van der Waals surface area contributed by atoms with Crippen molar-refractivity contribution in [1.82, 2.24) is 25.2 Å². The van der Waals surface area contributed by atoms with Crippen LogP contribution in [-0.2, 0) is 40.3 Å². The molecule has 6 rings (SSSR count). The fraction of sp³-hybridized carbons (Fsp3) is 0.639. The van der Waals surface area contributed by atoms with Gasteiger partial charge in [-0.25, -0.2) is 18.0 Å². The number of alkyl carbamates (subject to hydrolysis) is 1. The SMILES string of the molecule is CC[C@@H]1C[C@]1(NC(=O)[C@@H]1C[C@@H]2CN1C(=O)[C@H](C(C)(C)C)NC(=O)OCCCCCCc1cccc3[nH]c(cc13)C(=O)O2)C(=O)NS(=O)(=O)C1CC1. The number of esters is 1. The van der Waals surface area contributed by atoms with Gasteiger partial charge in [0.25, 0.3) is 5.91 Å². The lowest BCUT2D eigenvalue weighted by Gasteiger charge is -2.35. The Kier molecular flexibility index (Phi) is 10.1. The molecule has 4 bridgehead atoms. The van der Waals surface area contributed by atoms with Gasteiger partial charge >= 0.3 is 12.1 Å². The van der Waals surface area contributed by atoms with E-state index in [-0.39, 0.29) is 37.6 Å². The van der Waals surface area contributed by atoms with Gasteiger partial charge in [-0.1, -0.05) is 59.1 Å². The fourth-order valence-corrected chi connectivity index (χ4v) is 8.71. The third-order valence-electron chi connectivity index (χ3n) is 10.6. The minimum Gasteiger partial charge on any atom is -0.456 e. The predicted octanol–water partition coefficient (Wildman–Crippen LogP) is 3.44.